The van der Waals surface area contributed by atoms with Crippen LogP contribution in [0.25, 0.3) is 0 Å². The van der Waals surface area contributed by atoms with Crippen molar-refractivity contribution in [3.8, 4) is 0 Å². The molecule has 6 nitrogen and oxygen atoms in total. The van der Waals surface area contributed by atoms with Crippen LogP contribution in [-0.4, -0.2) is 35.6 Å². The van der Waals surface area contributed by atoms with Crippen LogP contribution >= 0.6 is 0 Å². The number of furan rings is 1. The highest BCUT2D eigenvalue weighted by atomic mass is 16.3. The van der Waals surface area contributed by atoms with Crippen LogP contribution in [0.15, 0.2) is 23.0 Å². The van der Waals surface area contributed by atoms with Crippen molar-refractivity contribution in [1.82, 2.24) is 10.6 Å². The number of hydrogen-bond donors (Lipinski definition) is 3. The average Bonchev–Trinajstić information content (AvgIpc) is 2.82. The minimum Gasteiger partial charge on any atom is -0.472 e. The molecule has 17 heavy (non-hydrogen) atoms. The Hall–Kier alpha value is -1.82. The van der Waals surface area contributed by atoms with E-state index in [1.165, 1.54) is 18.6 Å². The topological polar surface area (TPSA) is 91.6 Å². The summed E-state index contributed by atoms with van der Waals surface area (Å²) in [6.07, 6.45) is 2.68. The van der Waals surface area contributed by atoms with Gasteiger partial charge in [0.05, 0.1) is 18.4 Å². The summed E-state index contributed by atoms with van der Waals surface area (Å²) in [6.45, 7) is 3.09. The molecular weight excluding hydrogens is 224 g/mol. The van der Waals surface area contributed by atoms with Gasteiger partial charge in [-0.05, 0) is 19.9 Å². The van der Waals surface area contributed by atoms with Crippen LogP contribution in [-0.2, 0) is 4.79 Å². The van der Waals surface area contributed by atoms with Crippen LogP contribution in [0, 0.1) is 0 Å². The predicted octanol–water partition coefficient (Wildman–Crippen LogP) is -0.105. The number of aliphatic hydroxyl groups is 1. The van der Waals surface area contributed by atoms with Crippen molar-refractivity contribution >= 4 is 11.8 Å². The summed E-state index contributed by atoms with van der Waals surface area (Å²) >= 11 is 0. The van der Waals surface area contributed by atoms with Gasteiger partial charge in [-0.2, -0.15) is 0 Å². The van der Waals surface area contributed by atoms with E-state index in [2.05, 4.69) is 10.6 Å². The van der Waals surface area contributed by atoms with Crippen molar-refractivity contribution in [3.05, 3.63) is 24.2 Å². The molecule has 2 unspecified atom stereocenters. The van der Waals surface area contributed by atoms with E-state index >= 15 is 0 Å². The molecule has 0 aliphatic carbocycles. The Morgan fingerprint density at radius 1 is 1.41 bits per heavy atom. The number of rotatable bonds is 5. The Kier molecular flexibility index (Phi) is 4.71. The maximum absolute atomic E-state index is 11.6. The zero-order valence-electron chi connectivity index (χ0n) is 9.77. The molecule has 1 aromatic rings. The van der Waals surface area contributed by atoms with Crippen molar-refractivity contribution in [2.24, 2.45) is 0 Å². The second kappa shape index (κ2) is 6.05. The Bertz CT molecular complexity index is 375. The van der Waals surface area contributed by atoms with Gasteiger partial charge in [-0.15, -0.1) is 0 Å². The lowest BCUT2D eigenvalue weighted by atomic mass is 10.2. The number of carbonyl (C=O) groups excluding carboxylic acids is 2. The SMILES string of the molecule is CC(CO)NC(=O)C(C)NC(=O)c1ccoc1. The Labute approximate surface area is 99.0 Å². The molecule has 0 saturated carbocycles. The van der Waals surface area contributed by atoms with Crippen molar-refractivity contribution in [2.75, 3.05) is 6.61 Å². The van der Waals surface area contributed by atoms with E-state index in [0.717, 1.165) is 0 Å². The normalized spacial score (nSPS) is 13.8. The molecule has 2 amide bonds. The smallest absolute Gasteiger partial charge is 0.255 e. The molecule has 94 valence electrons. The van der Waals surface area contributed by atoms with Crippen LogP contribution in [0.5, 0.6) is 0 Å². The molecule has 0 bridgehead atoms. The second-order valence-electron chi connectivity index (χ2n) is 3.80. The van der Waals surface area contributed by atoms with Crippen LogP contribution in [0.3, 0.4) is 0 Å². The van der Waals surface area contributed by atoms with E-state index < -0.39 is 6.04 Å². The summed E-state index contributed by atoms with van der Waals surface area (Å²) in [7, 11) is 0. The van der Waals surface area contributed by atoms with Crippen LogP contribution in [0.2, 0.25) is 0 Å². The maximum atomic E-state index is 11.6. The van der Waals surface area contributed by atoms with E-state index in [1.807, 2.05) is 0 Å². The van der Waals surface area contributed by atoms with Crippen molar-refractivity contribution in [1.29, 1.82) is 0 Å². The third-order valence-electron chi connectivity index (χ3n) is 2.19. The summed E-state index contributed by atoms with van der Waals surface area (Å²) in [5.74, 6) is -0.721. The molecule has 1 heterocycles. The fourth-order valence-corrected chi connectivity index (χ4v) is 1.15. The van der Waals surface area contributed by atoms with Crippen LogP contribution < -0.4 is 10.6 Å². The van der Waals surface area contributed by atoms with E-state index in [9.17, 15) is 9.59 Å². The minimum atomic E-state index is -0.675. The minimum absolute atomic E-state index is 0.145. The van der Waals surface area contributed by atoms with Gasteiger partial charge in [-0.3, -0.25) is 9.59 Å². The van der Waals surface area contributed by atoms with E-state index in [0.29, 0.717) is 5.56 Å². The first-order valence-corrected chi connectivity index (χ1v) is 5.29. The Morgan fingerprint density at radius 3 is 2.65 bits per heavy atom. The fraction of sp³-hybridized carbons (Fsp3) is 0.455. The van der Waals surface area contributed by atoms with Gasteiger partial charge >= 0.3 is 0 Å². The predicted molar refractivity (Wildman–Crippen MR) is 60.3 cm³/mol. The average molecular weight is 240 g/mol. The lowest BCUT2D eigenvalue weighted by Crippen LogP contribution is -2.48. The zero-order valence-corrected chi connectivity index (χ0v) is 9.77. The fourth-order valence-electron chi connectivity index (χ4n) is 1.15. The maximum Gasteiger partial charge on any atom is 0.255 e. The summed E-state index contributed by atoms with van der Waals surface area (Å²) < 4.78 is 4.77. The lowest BCUT2D eigenvalue weighted by molar-refractivity contribution is -0.123. The third kappa shape index (κ3) is 3.92. The molecule has 2 atom stereocenters. The number of amides is 2. The van der Waals surface area contributed by atoms with Crippen molar-refractivity contribution in [3.63, 3.8) is 0 Å². The monoisotopic (exact) mass is 240 g/mol. The number of nitrogens with one attached hydrogen (secondary N) is 2. The van der Waals surface area contributed by atoms with Gasteiger partial charge < -0.3 is 20.2 Å². The molecule has 0 spiro atoms. The van der Waals surface area contributed by atoms with Gasteiger partial charge in [0, 0.05) is 6.04 Å². The van der Waals surface area contributed by atoms with Crippen LogP contribution in [0.1, 0.15) is 24.2 Å². The molecule has 1 rings (SSSR count). The van der Waals surface area contributed by atoms with Crippen molar-refractivity contribution < 1.29 is 19.1 Å². The summed E-state index contributed by atoms with van der Waals surface area (Å²) in [4.78, 5) is 23.1. The molecule has 0 radical (unpaired) electrons. The van der Waals surface area contributed by atoms with Gasteiger partial charge in [0.2, 0.25) is 5.91 Å². The highest BCUT2D eigenvalue weighted by Gasteiger charge is 2.18. The molecule has 0 aromatic carbocycles. The summed E-state index contributed by atoms with van der Waals surface area (Å²) in [5.41, 5.74) is 0.361. The Balaban J connectivity index is 2.46. The molecule has 0 aliphatic heterocycles. The second-order valence-corrected chi connectivity index (χ2v) is 3.80. The van der Waals surface area contributed by atoms with Gasteiger partial charge in [0.1, 0.15) is 12.3 Å². The number of aliphatic hydroxyl groups excluding tert-OH is 1. The largest absolute Gasteiger partial charge is 0.472 e. The number of carbonyl (C=O) groups is 2. The number of hydrogen-bond acceptors (Lipinski definition) is 4. The molecule has 0 saturated heterocycles. The Morgan fingerprint density at radius 2 is 2.12 bits per heavy atom. The third-order valence-corrected chi connectivity index (χ3v) is 2.19. The molecule has 0 aliphatic rings. The van der Waals surface area contributed by atoms with Gasteiger partial charge in [-0.1, -0.05) is 0 Å². The first-order chi connectivity index (χ1) is 8.04. The standard InChI is InChI=1S/C11H16N2O4/c1-7(5-14)12-10(15)8(2)13-11(16)9-3-4-17-6-9/h3-4,6-8,14H,5H2,1-2H3,(H,12,15)(H,13,16). The molecular formula is C11H16N2O4. The van der Waals surface area contributed by atoms with Crippen LogP contribution in [0.4, 0.5) is 0 Å². The summed E-state index contributed by atoms with van der Waals surface area (Å²) in [6, 6.07) is 0.498. The molecule has 0 fully saturated rings. The molecule has 3 N–H and O–H groups in total. The molecule has 1 aromatic heterocycles. The van der Waals surface area contributed by atoms with E-state index in [4.69, 9.17) is 9.52 Å². The van der Waals surface area contributed by atoms with Gasteiger partial charge in [-0.25, -0.2) is 0 Å². The van der Waals surface area contributed by atoms with E-state index in [1.54, 1.807) is 13.8 Å². The van der Waals surface area contributed by atoms with E-state index in [-0.39, 0.29) is 24.5 Å². The van der Waals surface area contributed by atoms with Gasteiger partial charge in [0.25, 0.3) is 5.91 Å². The first-order valence-electron chi connectivity index (χ1n) is 5.29. The molecule has 6 heteroatoms. The van der Waals surface area contributed by atoms with Crippen molar-refractivity contribution in [2.45, 2.75) is 25.9 Å². The van der Waals surface area contributed by atoms with Gasteiger partial charge in [0.15, 0.2) is 0 Å². The lowest BCUT2D eigenvalue weighted by Gasteiger charge is -2.16. The summed E-state index contributed by atoms with van der Waals surface area (Å²) in [5, 5.41) is 13.9. The first kappa shape index (κ1) is 13.2. The zero-order chi connectivity index (χ0) is 12.8. The highest BCUT2D eigenvalue weighted by molar-refractivity contribution is 5.97. The highest BCUT2D eigenvalue weighted by Crippen LogP contribution is 2.00. The quantitative estimate of drug-likeness (QED) is 0.670.